The van der Waals surface area contributed by atoms with Gasteiger partial charge in [0.15, 0.2) is 0 Å². The molecule has 1 aromatic carbocycles. The topological polar surface area (TPSA) is 70.7 Å². The minimum Gasteiger partial charge on any atom is -0.447 e. The number of carbonyl (C=O) groups is 2. The van der Waals surface area contributed by atoms with Crippen LogP contribution in [0.1, 0.15) is 57.6 Å². The van der Waals surface area contributed by atoms with Crippen LogP contribution in [0.3, 0.4) is 0 Å². The standard InChI is InChI=1S/C24H34F3N3O3/c1-4-5-21(29-23(32)33-15(2)3)22(31)28-20-11-8-17-13-30(14-19(17)20)12-16-6-9-18(10-7-16)24(25,26)27/h6-7,9-10,15,17,19-21H,4-5,8,11-14H2,1-3H3,(H,28,31)(H,29,32)/t17-,19+,20+,21+/m1/s1. The lowest BCUT2D eigenvalue weighted by Crippen LogP contribution is -2.51. The van der Waals surface area contributed by atoms with Gasteiger partial charge in [-0.15, -0.1) is 0 Å². The number of hydrogen-bond acceptors (Lipinski definition) is 4. The lowest BCUT2D eigenvalue weighted by molar-refractivity contribution is -0.137. The van der Waals surface area contributed by atoms with Crippen LogP contribution in [0.2, 0.25) is 0 Å². The van der Waals surface area contributed by atoms with Crippen LogP contribution in [-0.2, 0) is 22.3 Å². The Morgan fingerprint density at radius 1 is 1.15 bits per heavy atom. The van der Waals surface area contributed by atoms with Crippen LogP contribution in [0.25, 0.3) is 0 Å². The summed E-state index contributed by atoms with van der Waals surface area (Å²) in [6, 6.07) is 4.72. The maximum absolute atomic E-state index is 12.9. The van der Waals surface area contributed by atoms with E-state index < -0.39 is 23.9 Å². The SMILES string of the molecule is CCC[C@H](NC(=O)OC(C)C)C(=O)N[C@H]1CC[C@@H]2CN(Cc3ccc(C(F)(F)F)cc3)C[C@@H]21. The summed E-state index contributed by atoms with van der Waals surface area (Å²) in [4.78, 5) is 27.1. The molecule has 33 heavy (non-hydrogen) atoms. The highest BCUT2D eigenvalue weighted by molar-refractivity contribution is 5.85. The number of alkyl carbamates (subject to hydrolysis) is 1. The van der Waals surface area contributed by atoms with Crippen molar-refractivity contribution >= 4 is 12.0 Å². The maximum atomic E-state index is 12.9. The molecule has 6 nitrogen and oxygen atoms in total. The average molecular weight is 470 g/mol. The molecular formula is C24H34F3N3O3. The van der Waals surface area contributed by atoms with Crippen LogP contribution in [0.5, 0.6) is 0 Å². The van der Waals surface area contributed by atoms with Gasteiger partial charge < -0.3 is 15.4 Å². The van der Waals surface area contributed by atoms with E-state index in [4.69, 9.17) is 4.74 Å². The Hall–Kier alpha value is -2.29. The summed E-state index contributed by atoms with van der Waals surface area (Å²) in [6.45, 7) is 7.71. The Morgan fingerprint density at radius 3 is 2.45 bits per heavy atom. The van der Waals surface area contributed by atoms with Gasteiger partial charge in [0.1, 0.15) is 6.04 Å². The molecule has 4 atom stereocenters. The zero-order chi connectivity index (χ0) is 24.2. The molecule has 1 aliphatic carbocycles. The van der Waals surface area contributed by atoms with Crippen LogP contribution in [0, 0.1) is 11.8 Å². The normalized spacial score (nSPS) is 23.9. The van der Waals surface area contributed by atoms with Gasteiger partial charge in [-0.2, -0.15) is 13.2 Å². The summed E-state index contributed by atoms with van der Waals surface area (Å²) >= 11 is 0. The largest absolute Gasteiger partial charge is 0.447 e. The summed E-state index contributed by atoms with van der Waals surface area (Å²) in [5, 5.41) is 5.82. The quantitative estimate of drug-likeness (QED) is 0.595. The molecule has 184 valence electrons. The number of benzene rings is 1. The number of carbonyl (C=O) groups excluding carboxylic acids is 2. The number of likely N-dealkylation sites (tertiary alicyclic amines) is 1. The van der Waals surface area contributed by atoms with E-state index in [1.54, 1.807) is 13.8 Å². The van der Waals surface area contributed by atoms with Gasteiger partial charge in [-0.05, 0) is 62.6 Å². The van der Waals surface area contributed by atoms with Crippen LogP contribution in [0.4, 0.5) is 18.0 Å². The van der Waals surface area contributed by atoms with Crippen molar-refractivity contribution < 1.29 is 27.5 Å². The molecule has 2 N–H and O–H groups in total. The lowest BCUT2D eigenvalue weighted by Gasteiger charge is -2.25. The van der Waals surface area contributed by atoms with Crippen molar-refractivity contribution in [1.82, 2.24) is 15.5 Å². The molecule has 0 spiro atoms. The second-order valence-corrected chi connectivity index (χ2v) is 9.44. The first-order chi connectivity index (χ1) is 15.6. The van der Waals surface area contributed by atoms with Crippen LogP contribution < -0.4 is 10.6 Å². The van der Waals surface area contributed by atoms with Crippen molar-refractivity contribution in [1.29, 1.82) is 0 Å². The van der Waals surface area contributed by atoms with Crippen LogP contribution >= 0.6 is 0 Å². The third-order valence-electron chi connectivity index (χ3n) is 6.48. The van der Waals surface area contributed by atoms with Crippen molar-refractivity contribution in [3.8, 4) is 0 Å². The van der Waals surface area contributed by atoms with E-state index in [9.17, 15) is 22.8 Å². The van der Waals surface area contributed by atoms with Crippen molar-refractivity contribution in [2.45, 2.75) is 77.4 Å². The second kappa shape index (κ2) is 10.8. The first kappa shape index (κ1) is 25.3. The monoisotopic (exact) mass is 469 g/mol. The Balaban J connectivity index is 1.54. The van der Waals surface area contributed by atoms with Crippen LogP contribution in [0.15, 0.2) is 24.3 Å². The molecule has 1 aromatic rings. The van der Waals surface area contributed by atoms with Crippen molar-refractivity contribution in [3.63, 3.8) is 0 Å². The lowest BCUT2D eigenvalue weighted by atomic mass is 9.97. The van der Waals surface area contributed by atoms with E-state index in [2.05, 4.69) is 15.5 Å². The van der Waals surface area contributed by atoms with Gasteiger partial charge in [0.05, 0.1) is 11.7 Å². The summed E-state index contributed by atoms with van der Waals surface area (Å²) in [5.74, 6) is 0.561. The summed E-state index contributed by atoms with van der Waals surface area (Å²) < 4.78 is 43.5. The minimum absolute atomic E-state index is 0.0300. The molecule has 0 aromatic heterocycles. The fraction of sp³-hybridized carbons (Fsp3) is 0.667. The summed E-state index contributed by atoms with van der Waals surface area (Å²) in [7, 11) is 0. The Kier molecular flexibility index (Phi) is 8.26. The number of fused-ring (bicyclic) bond motifs is 1. The molecule has 0 radical (unpaired) electrons. The number of ether oxygens (including phenoxy) is 1. The predicted octanol–water partition coefficient (Wildman–Crippen LogP) is 4.34. The third-order valence-corrected chi connectivity index (χ3v) is 6.48. The molecule has 1 saturated heterocycles. The van der Waals surface area contributed by atoms with Crippen molar-refractivity contribution in [3.05, 3.63) is 35.4 Å². The molecule has 0 bridgehead atoms. The first-order valence-electron chi connectivity index (χ1n) is 11.7. The second-order valence-electron chi connectivity index (χ2n) is 9.44. The van der Waals surface area contributed by atoms with E-state index in [-0.39, 0.29) is 18.1 Å². The fourth-order valence-electron chi connectivity index (χ4n) is 4.95. The smallest absolute Gasteiger partial charge is 0.416 e. The van der Waals surface area contributed by atoms with E-state index in [1.807, 2.05) is 6.92 Å². The molecule has 2 fully saturated rings. The maximum Gasteiger partial charge on any atom is 0.416 e. The van der Waals surface area contributed by atoms with E-state index in [0.717, 1.165) is 50.0 Å². The summed E-state index contributed by atoms with van der Waals surface area (Å²) in [6.07, 6.45) is -2.01. The van der Waals surface area contributed by atoms with E-state index in [1.165, 1.54) is 12.1 Å². The number of amides is 2. The van der Waals surface area contributed by atoms with Gasteiger partial charge in [-0.3, -0.25) is 9.69 Å². The van der Waals surface area contributed by atoms with Crippen LogP contribution in [-0.4, -0.2) is 48.2 Å². The highest BCUT2D eigenvalue weighted by Gasteiger charge is 2.43. The third kappa shape index (κ3) is 6.85. The number of hydrogen-bond donors (Lipinski definition) is 2. The molecule has 1 aliphatic heterocycles. The van der Waals surface area contributed by atoms with E-state index >= 15 is 0 Å². The zero-order valence-corrected chi connectivity index (χ0v) is 19.5. The van der Waals surface area contributed by atoms with Gasteiger partial charge in [-0.25, -0.2) is 4.79 Å². The van der Waals surface area contributed by atoms with Gasteiger partial charge in [0, 0.05) is 25.7 Å². The predicted molar refractivity (Wildman–Crippen MR) is 118 cm³/mol. The van der Waals surface area contributed by atoms with E-state index in [0.29, 0.717) is 24.8 Å². The number of halogens is 3. The van der Waals surface area contributed by atoms with Gasteiger partial charge in [-0.1, -0.05) is 25.5 Å². The number of nitrogens with one attached hydrogen (secondary N) is 2. The Labute approximate surface area is 193 Å². The van der Waals surface area contributed by atoms with Gasteiger partial charge in [0.2, 0.25) is 5.91 Å². The average Bonchev–Trinajstić information content (AvgIpc) is 3.28. The zero-order valence-electron chi connectivity index (χ0n) is 19.5. The molecule has 2 amide bonds. The number of rotatable bonds is 8. The Morgan fingerprint density at radius 2 is 1.85 bits per heavy atom. The molecule has 9 heteroatoms. The molecule has 0 unspecified atom stereocenters. The number of alkyl halides is 3. The molecule has 1 saturated carbocycles. The minimum atomic E-state index is -4.33. The number of nitrogens with zero attached hydrogens (tertiary/aromatic N) is 1. The molecule has 2 aliphatic rings. The fourth-order valence-corrected chi connectivity index (χ4v) is 4.95. The summed E-state index contributed by atoms with van der Waals surface area (Å²) in [5.41, 5.74) is 0.208. The molecular weight excluding hydrogens is 435 g/mol. The van der Waals surface area contributed by atoms with Crippen molar-refractivity contribution in [2.24, 2.45) is 11.8 Å². The van der Waals surface area contributed by atoms with Gasteiger partial charge >= 0.3 is 12.3 Å². The highest BCUT2D eigenvalue weighted by atomic mass is 19.4. The Bertz CT molecular complexity index is 813. The van der Waals surface area contributed by atoms with Crippen molar-refractivity contribution in [2.75, 3.05) is 13.1 Å². The van der Waals surface area contributed by atoms with Gasteiger partial charge in [0.25, 0.3) is 0 Å². The highest BCUT2D eigenvalue weighted by Crippen LogP contribution is 2.39. The molecule has 3 rings (SSSR count). The first-order valence-corrected chi connectivity index (χ1v) is 11.7. The molecule has 1 heterocycles.